The zero-order chi connectivity index (χ0) is 17.7. The number of amides is 1. The second-order valence-electron chi connectivity index (χ2n) is 6.38. The van der Waals surface area contributed by atoms with Crippen molar-refractivity contribution < 1.29 is 19.7 Å². The summed E-state index contributed by atoms with van der Waals surface area (Å²) in [6.07, 6.45) is -3.32. The number of aliphatic hydroxyl groups excluding tert-OH is 2. The molecule has 0 spiro atoms. The fourth-order valence-electron chi connectivity index (χ4n) is 2.73. The maximum Gasteiger partial charge on any atom is 0.222 e. The molecule has 1 aromatic rings. The van der Waals surface area contributed by atoms with E-state index in [1.165, 1.54) is 0 Å². The van der Waals surface area contributed by atoms with E-state index in [1.54, 1.807) is 6.07 Å². The van der Waals surface area contributed by atoms with Crippen molar-refractivity contribution in [1.29, 1.82) is 0 Å². The zero-order valence-electron chi connectivity index (χ0n) is 13.9. The molecule has 7 heteroatoms. The van der Waals surface area contributed by atoms with Gasteiger partial charge in [0.15, 0.2) is 0 Å². The molecule has 134 valence electrons. The molecule has 4 atom stereocenters. The van der Waals surface area contributed by atoms with Crippen LogP contribution in [0.3, 0.4) is 0 Å². The van der Waals surface area contributed by atoms with Gasteiger partial charge >= 0.3 is 0 Å². The van der Waals surface area contributed by atoms with Crippen molar-refractivity contribution in [3.8, 4) is 0 Å². The van der Waals surface area contributed by atoms with Crippen LogP contribution in [0.4, 0.5) is 0 Å². The predicted molar refractivity (Wildman–Crippen MR) is 91.7 cm³/mol. The summed E-state index contributed by atoms with van der Waals surface area (Å²) in [5.74, 6) is -0.200. The fraction of sp³-hybridized carbons (Fsp3) is 0.588. The molecule has 1 heterocycles. The van der Waals surface area contributed by atoms with E-state index in [0.29, 0.717) is 18.1 Å². The van der Waals surface area contributed by atoms with E-state index in [0.717, 1.165) is 5.56 Å². The summed E-state index contributed by atoms with van der Waals surface area (Å²) >= 11 is 5.93. The standard InChI is InChI=1S/C17H25ClN2O4/c1-10(2)20-15(21)7-13-16(22)17(23)14(24-13)9-19-8-11-4-3-5-12(18)6-11/h3-6,10,13-14,16-17,19,22-23H,7-9H2,1-2H3,(H,20,21)/t13-,14-,16+,17-/m1/s1. The van der Waals surface area contributed by atoms with Crippen molar-refractivity contribution in [2.24, 2.45) is 0 Å². The van der Waals surface area contributed by atoms with Gasteiger partial charge in [0, 0.05) is 24.2 Å². The van der Waals surface area contributed by atoms with Gasteiger partial charge < -0.3 is 25.6 Å². The van der Waals surface area contributed by atoms with Crippen LogP contribution in [0.5, 0.6) is 0 Å². The Morgan fingerprint density at radius 3 is 2.67 bits per heavy atom. The van der Waals surface area contributed by atoms with Crippen LogP contribution in [0.25, 0.3) is 0 Å². The Labute approximate surface area is 147 Å². The van der Waals surface area contributed by atoms with Gasteiger partial charge in [-0.15, -0.1) is 0 Å². The zero-order valence-corrected chi connectivity index (χ0v) is 14.7. The lowest BCUT2D eigenvalue weighted by Crippen LogP contribution is -2.38. The molecule has 1 fully saturated rings. The van der Waals surface area contributed by atoms with Gasteiger partial charge in [-0.1, -0.05) is 23.7 Å². The average Bonchev–Trinajstić information content (AvgIpc) is 2.75. The first-order valence-electron chi connectivity index (χ1n) is 8.13. The van der Waals surface area contributed by atoms with Crippen LogP contribution in [-0.4, -0.2) is 53.1 Å². The smallest absolute Gasteiger partial charge is 0.222 e. The topological polar surface area (TPSA) is 90.8 Å². The quantitative estimate of drug-likeness (QED) is 0.581. The fourth-order valence-corrected chi connectivity index (χ4v) is 2.95. The van der Waals surface area contributed by atoms with Crippen molar-refractivity contribution in [2.75, 3.05) is 6.54 Å². The Balaban J connectivity index is 1.80. The van der Waals surface area contributed by atoms with Crippen molar-refractivity contribution >= 4 is 17.5 Å². The minimum Gasteiger partial charge on any atom is -0.388 e. The van der Waals surface area contributed by atoms with E-state index in [4.69, 9.17) is 16.3 Å². The van der Waals surface area contributed by atoms with Gasteiger partial charge in [0.2, 0.25) is 5.91 Å². The summed E-state index contributed by atoms with van der Waals surface area (Å²) in [6.45, 7) is 4.66. The predicted octanol–water partition coefficient (Wildman–Crippen LogP) is 0.833. The molecular weight excluding hydrogens is 332 g/mol. The highest BCUT2D eigenvalue weighted by Crippen LogP contribution is 2.23. The van der Waals surface area contributed by atoms with E-state index in [-0.39, 0.29) is 18.4 Å². The number of hydrogen-bond acceptors (Lipinski definition) is 5. The van der Waals surface area contributed by atoms with Crippen LogP contribution < -0.4 is 10.6 Å². The first kappa shape index (κ1) is 19.1. The minimum absolute atomic E-state index is 0.0242. The Hall–Kier alpha value is -1.18. The second-order valence-corrected chi connectivity index (χ2v) is 6.82. The molecule has 0 unspecified atom stereocenters. The highest BCUT2D eigenvalue weighted by Gasteiger charge is 2.43. The van der Waals surface area contributed by atoms with Gasteiger partial charge in [-0.2, -0.15) is 0 Å². The molecule has 1 amide bonds. The summed E-state index contributed by atoms with van der Waals surface area (Å²) < 4.78 is 5.65. The maximum absolute atomic E-state index is 11.8. The van der Waals surface area contributed by atoms with Crippen molar-refractivity contribution in [3.05, 3.63) is 34.9 Å². The van der Waals surface area contributed by atoms with Crippen LogP contribution in [0, 0.1) is 0 Å². The van der Waals surface area contributed by atoms with Gasteiger partial charge in [0.25, 0.3) is 0 Å². The van der Waals surface area contributed by atoms with E-state index in [1.807, 2.05) is 32.0 Å². The number of aliphatic hydroxyl groups is 2. The lowest BCUT2D eigenvalue weighted by atomic mass is 10.1. The molecule has 1 aromatic carbocycles. The molecule has 0 bridgehead atoms. The van der Waals surface area contributed by atoms with Crippen molar-refractivity contribution in [1.82, 2.24) is 10.6 Å². The van der Waals surface area contributed by atoms with Crippen LogP contribution in [0.15, 0.2) is 24.3 Å². The number of nitrogens with one attached hydrogen (secondary N) is 2. The SMILES string of the molecule is CC(C)NC(=O)C[C@H]1O[C@H](CNCc2cccc(Cl)c2)[C@@H](O)[C@H]1O. The Kier molecular flexibility index (Phi) is 7.01. The Morgan fingerprint density at radius 1 is 1.29 bits per heavy atom. The van der Waals surface area contributed by atoms with Gasteiger partial charge in [0.05, 0.1) is 18.6 Å². The van der Waals surface area contributed by atoms with Crippen molar-refractivity contribution in [3.63, 3.8) is 0 Å². The normalized spacial score (nSPS) is 26.8. The summed E-state index contributed by atoms with van der Waals surface area (Å²) in [5, 5.41) is 26.7. The summed E-state index contributed by atoms with van der Waals surface area (Å²) in [6, 6.07) is 7.49. The maximum atomic E-state index is 11.8. The minimum atomic E-state index is -1.07. The number of hydrogen-bond donors (Lipinski definition) is 4. The summed E-state index contributed by atoms with van der Waals surface area (Å²) in [4.78, 5) is 11.8. The summed E-state index contributed by atoms with van der Waals surface area (Å²) in [7, 11) is 0. The number of carbonyl (C=O) groups is 1. The lowest BCUT2D eigenvalue weighted by Gasteiger charge is -2.16. The molecule has 2 rings (SSSR count). The van der Waals surface area contributed by atoms with Gasteiger partial charge in [-0.3, -0.25) is 4.79 Å². The molecule has 24 heavy (non-hydrogen) atoms. The number of benzene rings is 1. The van der Waals surface area contributed by atoms with Gasteiger partial charge in [-0.05, 0) is 31.5 Å². The Bertz CT molecular complexity index is 555. The van der Waals surface area contributed by atoms with E-state index in [9.17, 15) is 15.0 Å². The molecule has 0 radical (unpaired) electrons. The second kappa shape index (κ2) is 8.78. The number of ether oxygens (including phenoxy) is 1. The molecular formula is C17H25ClN2O4. The monoisotopic (exact) mass is 356 g/mol. The highest BCUT2D eigenvalue weighted by molar-refractivity contribution is 6.30. The largest absolute Gasteiger partial charge is 0.388 e. The number of carbonyl (C=O) groups excluding carboxylic acids is 1. The van der Waals surface area contributed by atoms with Gasteiger partial charge in [-0.25, -0.2) is 0 Å². The average molecular weight is 357 g/mol. The Morgan fingerprint density at radius 2 is 2.00 bits per heavy atom. The van der Waals surface area contributed by atoms with Crippen molar-refractivity contribution in [2.45, 2.75) is 57.3 Å². The highest BCUT2D eigenvalue weighted by atomic mass is 35.5. The first-order valence-corrected chi connectivity index (χ1v) is 8.50. The van der Waals surface area contributed by atoms with Crippen LogP contribution in [-0.2, 0) is 16.1 Å². The van der Waals surface area contributed by atoms with Crippen LogP contribution in [0.1, 0.15) is 25.8 Å². The van der Waals surface area contributed by atoms with E-state index in [2.05, 4.69) is 10.6 Å². The molecule has 0 saturated carbocycles. The molecule has 0 aliphatic carbocycles. The molecule has 6 nitrogen and oxygen atoms in total. The van der Waals surface area contributed by atoms with Gasteiger partial charge in [0.1, 0.15) is 12.2 Å². The third kappa shape index (κ3) is 5.43. The molecule has 0 aromatic heterocycles. The molecule has 1 saturated heterocycles. The third-order valence-corrected chi connectivity index (χ3v) is 4.10. The van der Waals surface area contributed by atoms with E-state index < -0.39 is 24.4 Å². The summed E-state index contributed by atoms with van der Waals surface area (Å²) in [5.41, 5.74) is 1.02. The molecule has 4 N–H and O–H groups in total. The number of rotatable bonds is 7. The number of halogens is 1. The lowest BCUT2D eigenvalue weighted by molar-refractivity contribution is -0.125. The molecule has 1 aliphatic rings. The van der Waals surface area contributed by atoms with E-state index >= 15 is 0 Å². The van der Waals surface area contributed by atoms with Crippen LogP contribution >= 0.6 is 11.6 Å². The first-order chi connectivity index (χ1) is 11.4. The molecule has 1 aliphatic heterocycles. The third-order valence-electron chi connectivity index (χ3n) is 3.86. The van der Waals surface area contributed by atoms with Crippen LogP contribution in [0.2, 0.25) is 5.02 Å².